The fraction of sp³-hybridized carbons (Fsp3) is 0.647. The van der Waals surface area contributed by atoms with Crippen LogP contribution in [0.15, 0.2) is 30.3 Å². The van der Waals surface area contributed by atoms with Gasteiger partial charge in [0.15, 0.2) is 0 Å². The Balaban J connectivity index is 2.00. The third-order valence-electron chi connectivity index (χ3n) is 4.41. The van der Waals surface area contributed by atoms with Crippen molar-refractivity contribution in [3.05, 3.63) is 35.9 Å². The van der Waals surface area contributed by atoms with Crippen molar-refractivity contribution in [2.45, 2.75) is 55.9 Å². The Morgan fingerprint density at radius 3 is 2.43 bits per heavy atom. The van der Waals surface area contributed by atoms with E-state index < -0.39 is 15.6 Å². The van der Waals surface area contributed by atoms with E-state index >= 15 is 0 Å². The van der Waals surface area contributed by atoms with Crippen LogP contribution in [0.5, 0.6) is 0 Å². The zero-order chi connectivity index (χ0) is 16.8. The summed E-state index contributed by atoms with van der Waals surface area (Å²) >= 11 is 0. The highest BCUT2D eigenvalue weighted by Crippen LogP contribution is 2.31. The fourth-order valence-corrected chi connectivity index (χ4v) is 4.75. The van der Waals surface area contributed by atoms with Crippen molar-refractivity contribution in [1.29, 1.82) is 0 Å². The third kappa shape index (κ3) is 6.22. The van der Waals surface area contributed by atoms with E-state index in [1.54, 1.807) is 19.2 Å². The van der Waals surface area contributed by atoms with Crippen molar-refractivity contribution in [1.82, 2.24) is 10.0 Å². The van der Waals surface area contributed by atoms with Gasteiger partial charge in [-0.15, -0.1) is 0 Å². The first-order chi connectivity index (χ1) is 10.9. The van der Waals surface area contributed by atoms with Gasteiger partial charge < -0.3 is 10.4 Å². The molecule has 0 radical (unpaired) electrons. The van der Waals surface area contributed by atoms with Crippen molar-refractivity contribution in [2.24, 2.45) is 0 Å². The average Bonchev–Trinajstić information content (AvgIpc) is 2.47. The van der Waals surface area contributed by atoms with Gasteiger partial charge in [0.2, 0.25) is 10.0 Å². The summed E-state index contributed by atoms with van der Waals surface area (Å²) in [5.74, 6) is -0.0352. The van der Waals surface area contributed by atoms with Crippen LogP contribution in [-0.4, -0.2) is 38.8 Å². The molecule has 1 aliphatic carbocycles. The second kappa shape index (κ2) is 8.24. The first kappa shape index (κ1) is 18.4. The molecule has 0 saturated heterocycles. The van der Waals surface area contributed by atoms with E-state index in [2.05, 4.69) is 10.0 Å². The second-order valence-electron chi connectivity index (χ2n) is 6.61. The fourth-order valence-electron chi connectivity index (χ4n) is 3.36. The summed E-state index contributed by atoms with van der Waals surface area (Å²) in [6.45, 7) is 0.510. The lowest BCUT2D eigenvalue weighted by Crippen LogP contribution is -2.47. The quantitative estimate of drug-likeness (QED) is 0.674. The van der Waals surface area contributed by atoms with Crippen LogP contribution in [0, 0.1) is 0 Å². The zero-order valence-electron chi connectivity index (χ0n) is 13.8. The summed E-state index contributed by atoms with van der Waals surface area (Å²) in [5, 5.41) is 13.7. The first-order valence-corrected chi connectivity index (χ1v) is 9.99. The van der Waals surface area contributed by atoms with Crippen molar-refractivity contribution < 1.29 is 13.5 Å². The maximum atomic E-state index is 12.4. The smallest absolute Gasteiger partial charge is 0.216 e. The second-order valence-corrected chi connectivity index (χ2v) is 8.36. The van der Waals surface area contributed by atoms with Crippen LogP contribution in [0.1, 0.15) is 44.1 Å². The number of rotatable bonds is 8. The molecule has 23 heavy (non-hydrogen) atoms. The molecule has 2 rings (SSSR count). The Bertz CT molecular complexity index is 569. The molecule has 1 atom stereocenters. The van der Waals surface area contributed by atoms with Crippen LogP contribution in [-0.2, 0) is 15.8 Å². The minimum atomic E-state index is -3.43. The van der Waals surface area contributed by atoms with E-state index in [-0.39, 0.29) is 11.8 Å². The number of hydrogen-bond acceptors (Lipinski definition) is 4. The highest BCUT2D eigenvalue weighted by molar-refractivity contribution is 7.88. The van der Waals surface area contributed by atoms with Crippen LogP contribution in [0.2, 0.25) is 0 Å². The van der Waals surface area contributed by atoms with Crippen molar-refractivity contribution in [2.75, 3.05) is 13.6 Å². The monoisotopic (exact) mass is 340 g/mol. The maximum Gasteiger partial charge on any atom is 0.216 e. The van der Waals surface area contributed by atoms with Crippen LogP contribution >= 0.6 is 0 Å². The molecular weight excluding hydrogens is 312 g/mol. The van der Waals surface area contributed by atoms with Crippen LogP contribution in [0.4, 0.5) is 0 Å². The van der Waals surface area contributed by atoms with Gasteiger partial charge in [0, 0.05) is 12.6 Å². The average molecular weight is 340 g/mol. The van der Waals surface area contributed by atoms with Crippen molar-refractivity contribution in [3.63, 3.8) is 0 Å². The van der Waals surface area contributed by atoms with E-state index in [4.69, 9.17) is 0 Å². The van der Waals surface area contributed by atoms with E-state index in [0.717, 1.165) is 37.7 Å². The third-order valence-corrected chi connectivity index (χ3v) is 5.81. The standard InChI is InChI=1S/C17H28N2O3S/c1-18-13-16(12-17(20)10-6-3-7-11-17)19-23(21,22)14-15-8-4-2-5-9-15/h2,4-5,8-9,16,18-20H,3,6-7,10-14H2,1H3. The molecule has 1 aromatic rings. The lowest BCUT2D eigenvalue weighted by molar-refractivity contribution is -0.0102. The predicted octanol–water partition coefficient (Wildman–Crippen LogP) is 1.78. The number of hydrogen-bond donors (Lipinski definition) is 3. The Labute approximate surface area is 139 Å². The molecule has 5 nitrogen and oxygen atoms in total. The summed E-state index contributed by atoms with van der Waals surface area (Å²) in [6.07, 6.45) is 5.15. The van der Waals surface area contributed by atoms with Crippen LogP contribution in [0.3, 0.4) is 0 Å². The zero-order valence-corrected chi connectivity index (χ0v) is 14.6. The molecule has 3 N–H and O–H groups in total. The molecule has 0 aromatic heterocycles. The SMILES string of the molecule is CNCC(CC1(O)CCCCC1)NS(=O)(=O)Cc1ccccc1. The van der Waals surface area contributed by atoms with E-state index in [1.807, 2.05) is 18.2 Å². The van der Waals surface area contributed by atoms with E-state index in [1.165, 1.54) is 0 Å². The van der Waals surface area contributed by atoms with Gasteiger partial charge in [-0.3, -0.25) is 0 Å². The predicted molar refractivity (Wildman–Crippen MR) is 92.6 cm³/mol. The van der Waals surface area contributed by atoms with E-state index in [0.29, 0.717) is 13.0 Å². The van der Waals surface area contributed by atoms with Gasteiger partial charge in [0.05, 0.1) is 11.4 Å². The summed E-state index contributed by atoms with van der Waals surface area (Å²) in [5.41, 5.74) is 0.0225. The van der Waals surface area contributed by atoms with Crippen LogP contribution in [0.25, 0.3) is 0 Å². The molecular formula is C17H28N2O3S. The summed E-state index contributed by atoms with van der Waals surface area (Å²) in [7, 11) is -1.64. The highest BCUT2D eigenvalue weighted by Gasteiger charge is 2.33. The summed E-state index contributed by atoms with van der Waals surface area (Å²) in [6, 6.07) is 8.85. The Kier molecular flexibility index (Phi) is 6.59. The van der Waals surface area contributed by atoms with Crippen molar-refractivity contribution >= 4 is 10.0 Å². The maximum absolute atomic E-state index is 12.4. The molecule has 130 valence electrons. The minimum Gasteiger partial charge on any atom is -0.390 e. The van der Waals surface area contributed by atoms with Gasteiger partial charge in [-0.25, -0.2) is 13.1 Å². The molecule has 0 spiro atoms. The molecule has 1 aromatic carbocycles. The summed E-state index contributed by atoms with van der Waals surface area (Å²) in [4.78, 5) is 0. The molecule has 0 heterocycles. The van der Waals surface area contributed by atoms with Gasteiger partial charge in [-0.1, -0.05) is 49.6 Å². The number of benzene rings is 1. The number of sulfonamides is 1. The van der Waals surface area contributed by atoms with Gasteiger partial charge in [-0.05, 0) is 31.9 Å². The summed E-state index contributed by atoms with van der Waals surface area (Å²) < 4.78 is 27.6. The van der Waals surface area contributed by atoms with Gasteiger partial charge in [0.25, 0.3) is 0 Å². The lowest BCUT2D eigenvalue weighted by atomic mass is 9.80. The van der Waals surface area contributed by atoms with Gasteiger partial charge in [0.1, 0.15) is 0 Å². The molecule has 6 heteroatoms. The Morgan fingerprint density at radius 1 is 1.17 bits per heavy atom. The lowest BCUT2D eigenvalue weighted by Gasteiger charge is -2.35. The largest absolute Gasteiger partial charge is 0.390 e. The highest BCUT2D eigenvalue weighted by atomic mass is 32.2. The number of aliphatic hydroxyl groups is 1. The molecule has 1 saturated carbocycles. The molecule has 0 aliphatic heterocycles. The first-order valence-electron chi connectivity index (χ1n) is 8.33. The van der Waals surface area contributed by atoms with Crippen LogP contribution < -0.4 is 10.0 Å². The normalized spacial score (nSPS) is 19.4. The van der Waals surface area contributed by atoms with E-state index in [9.17, 15) is 13.5 Å². The van der Waals surface area contributed by atoms with Gasteiger partial charge >= 0.3 is 0 Å². The van der Waals surface area contributed by atoms with Crippen molar-refractivity contribution in [3.8, 4) is 0 Å². The molecule has 1 unspecified atom stereocenters. The molecule has 0 amide bonds. The number of nitrogens with one attached hydrogen (secondary N) is 2. The minimum absolute atomic E-state index is 0.0352. The molecule has 1 fully saturated rings. The Morgan fingerprint density at radius 2 is 1.83 bits per heavy atom. The van der Waals surface area contributed by atoms with Gasteiger partial charge in [-0.2, -0.15) is 0 Å². The topological polar surface area (TPSA) is 78.4 Å². The number of likely N-dealkylation sites (N-methyl/N-ethyl adjacent to an activating group) is 1. The molecule has 1 aliphatic rings. The molecule has 0 bridgehead atoms. The Hall–Kier alpha value is -0.950.